The number of hydrogen-bond acceptors (Lipinski definition) is 5. The summed E-state index contributed by atoms with van der Waals surface area (Å²) in [6, 6.07) is 0. The maximum atomic E-state index is 11.7. The molecule has 0 fully saturated rings. The van der Waals surface area contributed by atoms with Crippen molar-refractivity contribution in [3.05, 3.63) is 0 Å². The van der Waals surface area contributed by atoms with Gasteiger partial charge in [-0.2, -0.15) is 0 Å². The number of carbonyl (C=O) groups is 2. The van der Waals surface area contributed by atoms with Crippen LogP contribution in [0.5, 0.6) is 0 Å². The smallest absolute Gasteiger partial charge is 0.305 e. The van der Waals surface area contributed by atoms with Crippen LogP contribution in [0.4, 0.5) is 0 Å². The highest BCUT2D eigenvalue weighted by Crippen LogP contribution is 2.11. The molecule has 0 rings (SSSR count). The summed E-state index contributed by atoms with van der Waals surface area (Å²) in [5.74, 6) is -0.196. The molecule has 5 nitrogen and oxygen atoms in total. The second-order valence-corrected chi connectivity index (χ2v) is 7.53. The second kappa shape index (κ2) is 22.2. The van der Waals surface area contributed by atoms with Crippen LogP contribution in [0.3, 0.4) is 0 Å². The minimum absolute atomic E-state index is 0.0539. The van der Waals surface area contributed by atoms with Gasteiger partial charge in [-0.15, -0.1) is 0 Å². The summed E-state index contributed by atoms with van der Waals surface area (Å²) in [5.41, 5.74) is 0. The average molecular weight is 401 g/mol. The van der Waals surface area contributed by atoms with Crippen LogP contribution in [0.2, 0.25) is 0 Å². The molecule has 0 atom stereocenters. The van der Waals surface area contributed by atoms with E-state index in [1.165, 1.54) is 44.9 Å². The fraction of sp³-hybridized carbons (Fsp3) is 0.913. The summed E-state index contributed by atoms with van der Waals surface area (Å²) in [7, 11) is 1.59. The van der Waals surface area contributed by atoms with Crippen molar-refractivity contribution >= 4 is 11.9 Å². The van der Waals surface area contributed by atoms with Crippen molar-refractivity contribution < 1.29 is 23.8 Å². The van der Waals surface area contributed by atoms with E-state index in [1.54, 1.807) is 7.11 Å². The molecule has 28 heavy (non-hydrogen) atoms. The number of esters is 2. The Bertz CT molecular complexity index is 357. The van der Waals surface area contributed by atoms with Crippen LogP contribution < -0.4 is 0 Å². The Hall–Kier alpha value is -1.10. The van der Waals surface area contributed by atoms with E-state index in [4.69, 9.17) is 14.2 Å². The molecule has 0 aromatic heterocycles. The van der Waals surface area contributed by atoms with E-state index in [1.807, 2.05) is 0 Å². The topological polar surface area (TPSA) is 61.8 Å². The average Bonchev–Trinajstić information content (AvgIpc) is 2.69. The summed E-state index contributed by atoms with van der Waals surface area (Å²) in [6.07, 6.45) is 17.1. The van der Waals surface area contributed by atoms with Crippen molar-refractivity contribution in [2.24, 2.45) is 0 Å². The number of rotatable bonds is 21. The lowest BCUT2D eigenvalue weighted by Gasteiger charge is -2.06. The molecule has 0 N–H and O–H groups in total. The molecule has 0 heterocycles. The van der Waals surface area contributed by atoms with E-state index in [0.717, 1.165) is 44.9 Å². The van der Waals surface area contributed by atoms with Crippen LogP contribution in [0, 0.1) is 0 Å². The van der Waals surface area contributed by atoms with Crippen LogP contribution in [0.1, 0.15) is 110 Å². The van der Waals surface area contributed by atoms with Gasteiger partial charge < -0.3 is 14.2 Å². The van der Waals surface area contributed by atoms with Gasteiger partial charge in [-0.05, 0) is 19.3 Å². The zero-order valence-electron chi connectivity index (χ0n) is 18.5. The Morgan fingerprint density at radius 1 is 0.536 bits per heavy atom. The number of hydrogen-bond donors (Lipinski definition) is 0. The number of ether oxygens (including phenoxy) is 3. The molecule has 166 valence electrons. The maximum Gasteiger partial charge on any atom is 0.305 e. The highest BCUT2D eigenvalue weighted by Gasteiger charge is 2.04. The van der Waals surface area contributed by atoms with Gasteiger partial charge in [0.05, 0.1) is 13.2 Å². The molecule has 0 aromatic carbocycles. The predicted molar refractivity (Wildman–Crippen MR) is 113 cm³/mol. The van der Waals surface area contributed by atoms with Crippen molar-refractivity contribution in [2.75, 3.05) is 26.9 Å². The first-order chi connectivity index (χ1) is 13.7. The Morgan fingerprint density at radius 2 is 0.964 bits per heavy atom. The van der Waals surface area contributed by atoms with Crippen molar-refractivity contribution in [1.29, 1.82) is 0 Å². The molecule has 0 amide bonds. The van der Waals surface area contributed by atoms with E-state index in [-0.39, 0.29) is 11.9 Å². The van der Waals surface area contributed by atoms with Gasteiger partial charge in [0.1, 0.15) is 6.61 Å². The highest BCUT2D eigenvalue weighted by atomic mass is 16.6. The Labute approximate surface area is 172 Å². The second-order valence-electron chi connectivity index (χ2n) is 7.53. The summed E-state index contributed by atoms with van der Waals surface area (Å²) in [5, 5.41) is 0. The van der Waals surface area contributed by atoms with Gasteiger partial charge in [-0.1, -0.05) is 77.6 Å². The molecule has 0 radical (unpaired) electrons. The van der Waals surface area contributed by atoms with Gasteiger partial charge in [0.2, 0.25) is 0 Å². The molecular formula is C23H44O5. The third-order valence-corrected chi connectivity index (χ3v) is 4.82. The zero-order valence-corrected chi connectivity index (χ0v) is 18.5. The minimum atomic E-state index is -0.142. The van der Waals surface area contributed by atoms with Crippen LogP contribution in [0.25, 0.3) is 0 Å². The number of unbranched alkanes of at least 4 members (excludes halogenated alkanes) is 12. The minimum Gasteiger partial charge on any atom is -0.466 e. The molecular weight excluding hydrogens is 356 g/mol. The Balaban J connectivity index is 3.23. The zero-order chi connectivity index (χ0) is 20.7. The Morgan fingerprint density at radius 3 is 1.46 bits per heavy atom. The number of carbonyl (C=O) groups excluding carboxylic acids is 2. The first-order valence-corrected chi connectivity index (χ1v) is 11.5. The van der Waals surface area contributed by atoms with Crippen LogP contribution in [-0.4, -0.2) is 38.9 Å². The van der Waals surface area contributed by atoms with E-state index >= 15 is 0 Å². The summed E-state index contributed by atoms with van der Waals surface area (Å²) in [4.78, 5) is 23.1. The first-order valence-electron chi connectivity index (χ1n) is 11.5. The van der Waals surface area contributed by atoms with Gasteiger partial charge in [0.25, 0.3) is 0 Å². The maximum absolute atomic E-state index is 11.7. The van der Waals surface area contributed by atoms with Gasteiger partial charge in [-0.3, -0.25) is 9.59 Å². The predicted octanol–water partition coefficient (Wildman–Crippen LogP) is 5.98. The number of methoxy groups -OCH3 is 1. The Kier molecular flexibility index (Phi) is 21.3. The van der Waals surface area contributed by atoms with E-state index in [9.17, 15) is 9.59 Å². The van der Waals surface area contributed by atoms with Crippen molar-refractivity contribution in [3.8, 4) is 0 Å². The molecule has 0 aliphatic rings. The standard InChI is InChI=1S/C23H44O5/c1-3-4-5-6-7-10-13-16-19-27-22(24)17-14-11-8-9-12-15-18-23(25)28-21-20-26-2/h3-21H2,1-2H3. The molecule has 0 spiro atoms. The third kappa shape index (κ3) is 21.2. The van der Waals surface area contributed by atoms with E-state index in [0.29, 0.717) is 32.7 Å². The van der Waals surface area contributed by atoms with Gasteiger partial charge >= 0.3 is 11.9 Å². The van der Waals surface area contributed by atoms with E-state index < -0.39 is 0 Å². The lowest BCUT2D eigenvalue weighted by atomic mass is 10.1. The van der Waals surface area contributed by atoms with Gasteiger partial charge in [-0.25, -0.2) is 0 Å². The third-order valence-electron chi connectivity index (χ3n) is 4.82. The molecule has 0 aromatic rings. The molecule has 0 saturated carbocycles. The molecule has 0 aliphatic heterocycles. The van der Waals surface area contributed by atoms with Crippen LogP contribution in [-0.2, 0) is 23.8 Å². The normalized spacial score (nSPS) is 10.8. The quantitative estimate of drug-likeness (QED) is 0.175. The van der Waals surface area contributed by atoms with Gasteiger partial charge in [0.15, 0.2) is 0 Å². The SMILES string of the molecule is CCCCCCCCCCOC(=O)CCCCCCCCC(=O)OCCOC. The van der Waals surface area contributed by atoms with Crippen molar-refractivity contribution in [1.82, 2.24) is 0 Å². The monoisotopic (exact) mass is 400 g/mol. The molecule has 5 heteroatoms. The summed E-state index contributed by atoms with van der Waals surface area (Å²) < 4.78 is 15.1. The lowest BCUT2D eigenvalue weighted by molar-refractivity contribution is -0.145. The van der Waals surface area contributed by atoms with Crippen molar-refractivity contribution in [3.63, 3.8) is 0 Å². The van der Waals surface area contributed by atoms with Crippen molar-refractivity contribution in [2.45, 2.75) is 110 Å². The first kappa shape index (κ1) is 26.9. The highest BCUT2D eigenvalue weighted by molar-refractivity contribution is 5.69. The molecule has 0 bridgehead atoms. The largest absolute Gasteiger partial charge is 0.466 e. The van der Waals surface area contributed by atoms with Gasteiger partial charge in [0, 0.05) is 20.0 Å². The summed E-state index contributed by atoms with van der Waals surface area (Å²) in [6.45, 7) is 3.60. The summed E-state index contributed by atoms with van der Waals surface area (Å²) >= 11 is 0. The van der Waals surface area contributed by atoms with Crippen LogP contribution >= 0.6 is 0 Å². The molecule has 0 saturated heterocycles. The van der Waals surface area contributed by atoms with E-state index in [2.05, 4.69) is 6.92 Å². The fourth-order valence-electron chi connectivity index (χ4n) is 3.05. The fourth-order valence-corrected chi connectivity index (χ4v) is 3.05. The van der Waals surface area contributed by atoms with Crippen LogP contribution in [0.15, 0.2) is 0 Å². The lowest BCUT2D eigenvalue weighted by Crippen LogP contribution is -2.09. The molecule has 0 aliphatic carbocycles. The molecule has 0 unspecified atom stereocenters.